The quantitative estimate of drug-likeness (QED) is 0.794. The van der Waals surface area contributed by atoms with Gasteiger partial charge in [-0.3, -0.25) is 9.59 Å². The third kappa shape index (κ3) is 2.19. The van der Waals surface area contributed by atoms with Crippen LogP contribution in [0.1, 0.15) is 44.9 Å². The summed E-state index contributed by atoms with van der Waals surface area (Å²) in [5, 5.41) is 9.78. The summed E-state index contributed by atoms with van der Waals surface area (Å²) in [5.41, 5.74) is -1.28. The van der Waals surface area contributed by atoms with Crippen molar-refractivity contribution in [3.8, 4) is 0 Å². The topological polar surface area (TPSA) is 63.6 Å². The Morgan fingerprint density at radius 3 is 2.85 bits per heavy atom. The summed E-state index contributed by atoms with van der Waals surface area (Å²) in [4.78, 5) is 24.4. The fraction of sp³-hybridized carbons (Fsp3) is 0.867. The number of Topliss-reactive ketones (excluding diaryl/α,β-unsaturated/α-hetero) is 1. The van der Waals surface area contributed by atoms with Crippen molar-refractivity contribution in [3.63, 3.8) is 0 Å². The van der Waals surface area contributed by atoms with Crippen molar-refractivity contribution in [3.05, 3.63) is 0 Å². The molecule has 0 aromatic rings. The van der Waals surface area contributed by atoms with Gasteiger partial charge >= 0.3 is 5.97 Å². The second-order valence-corrected chi connectivity index (χ2v) is 7.54. The predicted molar refractivity (Wildman–Crippen MR) is 76.9 cm³/mol. The van der Waals surface area contributed by atoms with E-state index in [9.17, 15) is 14.7 Å². The first kappa shape index (κ1) is 14.4. The van der Waals surface area contributed by atoms with Crippen LogP contribution in [-0.4, -0.2) is 40.6 Å². The van der Waals surface area contributed by atoms with E-state index in [2.05, 4.69) is 0 Å². The van der Waals surface area contributed by atoms with Crippen LogP contribution in [0.3, 0.4) is 0 Å². The van der Waals surface area contributed by atoms with Crippen LogP contribution in [0, 0.1) is 11.3 Å². The molecule has 0 radical (unpaired) electrons. The highest BCUT2D eigenvalue weighted by molar-refractivity contribution is 7.99. The number of hydrogen-bond acceptors (Lipinski definition) is 4. The first-order valence-electron chi connectivity index (χ1n) is 7.57. The minimum Gasteiger partial charge on any atom is -0.480 e. The van der Waals surface area contributed by atoms with Crippen molar-refractivity contribution in [2.75, 3.05) is 18.1 Å². The van der Waals surface area contributed by atoms with Crippen LogP contribution < -0.4 is 0 Å². The standard InChI is InChI=1S/C15H22O4S/c16-12-3-1-2-5-15(12,13(17)18)11-4-7-19-14(9-11)6-8-20-10-14/h11H,1-10H2,(H,17,18). The fourth-order valence-corrected chi connectivity index (χ4v) is 5.57. The van der Waals surface area contributed by atoms with Gasteiger partial charge in [0.05, 0.1) is 5.60 Å². The number of carbonyl (C=O) groups excluding carboxylic acids is 1. The molecule has 3 aliphatic rings. The summed E-state index contributed by atoms with van der Waals surface area (Å²) in [6, 6.07) is 0. The Kier molecular flexibility index (Phi) is 3.84. The number of rotatable bonds is 2. The van der Waals surface area contributed by atoms with Crippen molar-refractivity contribution < 1.29 is 19.4 Å². The SMILES string of the molecule is O=C(O)C1(C2CCOC3(CCSC3)C2)CCCCC1=O. The molecule has 1 spiro atoms. The summed E-state index contributed by atoms with van der Waals surface area (Å²) < 4.78 is 5.98. The van der Waals surface area contributed by atoms with Gasteiger partial charge in [-0.15, -0.1) is 0 Å². The Hall–Kier alpha value is -0.550. The maximum absolute atomic E-state index is 12.4. The molecule has 0 aromatic carbocycles. The Balaban J connectivity index is 1.87. The minimum absolute atomic E-state index is 0.0380. The van der Waals surface area contributed by atoms with Gasteiger partial charge in [0.15, 0.2) is 0 Å². The van der Waals surface area contributed by atoms with Crippen LogP contribution >= 0.6 is 11.8 Å². The maximum Gasteiger partial charge on any atom is 0.317 e. The Labute approximate surface area is 123 Å². The monoisotopic (exact) mass is 298 g/mol. The molecular weight excluding hydrogens is 276 g/mol. The second-order valence-electron chi connectivity index (χ2n) is 6.43. The van der Waals surface area contributed by atoms with E-state index in [1.54, 1.807) is 0 Å². The van der Waals surface area contributed by atoms with Crippen molar-refractivity contribution in [2.24, 2.45) is 11.3 Å². The number of aliphatic carboxylic acids is 1. The van der Waals surface area contributed by atoms with E-state index in [0.717, 1.165) is 37.2 Å². The van der Waals surface area contributed by atoms with E-state index < -0.39 is 11.4 Å². The number of carboxylic acids is 1. The molecule has 3 rings (SSSR count). The van der Waals surface area contributed by atoms with Gasteiger partial charge in [-0.2, -0.15) is 11.8 Å². The van der Waals surface area contributed by atoms with Gasteiger partial charge in [0.25, 0.3) is 0 Å². The molecule has 112 valence electrons. The van der Waals surface area contributed by atoms with Gasteiger partial charge in [-0.05, 0) is 43.8 Å². The highest BCUT2D eigenvalue weighted by atomic mass is 32.2. The molecule has 0 aromatic heterocycles. The van der Waals surface area contributed by atoms with E-state index in [-0.39, 0.29) is 17.3 Å². The van der Waals surface area contributed by atoms with Gasteiger partial charge in [-0.25, -0.2) is 0 Å². The molecule has 20 heavy (non-hydrogen) atoms. The molecule has 3 fully saturated rings. The summed E-state index contributed by atoms with van der Waals surface area (Å²) in [5.74, 6) is 1.06. The Morgan fingerprint density at radius 2 is 2.20 bits per heavy atom. The predicted octanol–water partition coefficient (Wildman–Crippen LogP) is 2.50. The smallest absolute Gasteiger partial charge is 0.317 e. The normalized spacial score (nSPS) is 42.0. The number of ketones is 1. The second kappa shape index (κ2) is 5.34. The Bertz CT molecular complexity index is 416. The fourth-order valence-electron chi connectivity index (χ4n) is 4.20. The highest BCUT2D eigenvalue weighted by Crippen LogP contribution is 2.50. The van der Waals surface area contributed by atoms with E-state index in [0.29, 0.717) is 25.9 Å². The number of thioether (sulfide) groups is 1. The summed E-state index contributed by atoms with van der Waals surface area (Å²) in [6.07, 6.45) is 5.12. The lowest BCUT2D eigenvalue weighted by atomic mass is 9.60. The zero-order chi connectivity index (χ0) is 14.2. The first-order chi connectivity index (χ1) is 9.59. The van der Waals surface area contributed by atoms with Crippen molar-refractivity contribution in [2.45, 2.75) is 50.5 Å². The van der Waals surface area contributed by atoms with Crippen LogP contribution in [0.5, 0.6) is 0 Å². The average molecular weight is 298 g/mol. The molecule has 3 atom stereocenters. The summed E-state index contributed by atoms with van der Waals surface area (Å²) in [6.45, 7) is 0.605. The van der Waals surface area contributed by atoms with Gasteiger partial charge in [0.1, 0.15) is 11.2 Å². The third-order valence-electron chi connectivity index (χ3n) is 5.36. The average Bonchev–Trinajstić information content (AvgIpc) is 2.87. The molecule has 1 aliphatic carbocycles. The van der Waals surface area contributed by atoms with Crippen molar-refractivity contribution >= 4 is 23.5 Å². The van der Waals surface area contributed by atoms with Gasteiger partial charge < -0.3 is 9.84 Å². The molecule has 5 heteroatoms. The zero-order valence-electron chi connectivity index (χ0n) is 11.7. The van der Waals surface area contributed by atoms with E-state index in [1.165, 1.54) is 0 Å². The van der Waals surface area contributed by atoms with Crippen LogP contribution in [-0.2, 0) is 14.3 Å². The summed E-state index contributed by atoms with van der Waals surface area (Å²) in [7, 11) is 0. The van der Waals surface area contributed by atoms with Crippen LogP contribution in [0.25, 0.3) is 0 Å². The zero-order valence-corrected chi connectivity index (χ0v) is 12.5. The first-order valence-corrected chi connectivity index (χ1v) is 8.73. The third-order valence-corrected chi connectivity index (χ3v) is 6.58. The largest absolute Gasteiger partial charge is 0.480 e. The Morgan fingerprint density at radius 1 is 1.35 bits per heavy atom. The lowest BCUT2D eigenvalue weighted by Crippen LogP contribution is -2.53. The van der Waals surface area contributed by atoms with Crippen molar-refractivity contribution in [1.29, 1.82) is 0 Å². The van der Waals surface area contributed by atoms with Crippen LogP contribution in [0.4, 0.5) is 0 Å². The lowest BCUT2D eigenvalue weighted by Gasteiger charge is -2.46. The number of carbonyl (C=O) groups is 2. The number of carboxylic acid groups (broad SMARTS) is 1. The number of hydrogen-bond donors (Lipinski definition) is 1. The van der Waals surface area contributed by atoms with Gasteiger partial charge in [0.2, 0.25) is 0 Å². The van der Waals surface area contributed by atoms with Gasteiger partial charge in [0, 0.05) is 18.8 Å². The molecule has 2 saturated heterocycles. The van der Waals surface area contributed by atoms with Crippen LogP contribution in [0.2, 0.25) is 0 Å². The molecule has 3 unspecified atom stereocenters. The van der Waals surface area contributed by atoms with E-state index in [4.69, 9.17) is 4.74 Å². The van der Waals surface area contributed by atoms with E-state index >= 15 is 0 Å². The van der Waals surface area contributed by atoms with E-state index in [1.807, 2.05) is 11.8 Å². The van der Waals surface area contributed by atoms with Gasteiger partial charge in [-0.1, -0.05) is 6.42 Å². The molecule has 1 N–H and O–H groups in total. The molecule has 0 bridgehead atoms. The highest BCUT2D eigenvalue weighted by Gasteiger charge is 2.56. The molecule has 2 aliphatic heterocycles. The molecule has 1 saturated carbocycles. The summed E-state index contributed by atoms with van der Waals surface area (Å²) >= 11 is 1.88. The molecule has 0 amide bonds. The minimum atomic E-state index is -1.12. The van der Waals surface area contributed by atoms with Crippen LogP contribution in [0.15, 0.2) is 0 Å². The molecule has 2 heterocycles. The number of ether oxygens (including phenoxy) is 1. The lowest BCUT2D eigenvalue weighted by molar-refractivity contribution is -0.170. The maximum atomic E-state index is 12.4. The molecular formula is C15H22O4S. The van der Waals surface area contributed by atoms with Crippen molar-refractivity contribution in [1.82, 2.24) is 0 Å². The molecule has 4 nitrogen and oxygen atoms in total.